The second kappa shape index (κ2) is 7.07. The maximum Gasteiger partial charge on any atom is 0.338 e. The van der Waals surface area contributed by atoms with Crippen LogP contribution in [0.15, 0.2) is 53.4 Å². The lowest BCUT2D eigenvalue weighted by molar-refractivity contribution is 0.0233. The predicted molar refractivity (Wildman–Crippen MR) is 94.4 cm³/mol. The highest BCUT2D eigenvalue weighted by molar-refractivity contribution is 7.90. The average Bonchev–Trinajstić information content (AvgIpc) is 3.01. The molecule has 1 heterocycles. The molecule has 0 saturated carbocycles. The first-order valence-electron chi connectivity index (χ1n) is 7.94. The van der Waals surface area contributed by atoms with Gasteiger partial charge in [0.2, 0.25) is 0 Å². The fourth-order valence-corrected chi connectivity index (χ4v) is 3.30. The molecule has 0 spiro atoms. The molecule has 6 nitrogen and oxygen atoms in total. The van der Waals surface area contributed by atoms with Gasteiger partial charge in [-0.1, -0.05) is 12.1 Å². The molecule has 0 N–H and O–H groups in total. The SMILES string of the molecule is CC(OC(=O)c1ccc(S(C)(=O)=O)cc1)c1nc2ccccc2n1C(F)F. The lowest BCUT2D eigenvalue weighted by atomic mass is 10.2. The summed E-state index contributed by atoms with van der Waals surface area (Å²) in [5.41, 5.74) is 0.713. The molecular formula is C18H16F2N2O4S. The number of carbonyl (C=O) groups excluding carboxylic acids is 1. The van der Waals surface area contributed by atoms with Gasteiger partial charge in [0.25, 0.3) is 0 Å². The summed E-state index contributed by atoms with van der Waals surface area (Å²) in [5.74, 6) is -0.845. The van der Waals surface area contributed by atoms with Gasteiger partial charge >= 0.3 is 12.5 Å². The predicted octanol–water partition coefficient (Wildman–Crippen LogP) is 3.75. The number of nitrogens with zero attached hydrogens (tertiary/aromatic N) is 2. The number of esters is 1. The fraction of sp³-hybridized carbons (Fsp3) is 0.222. The van der Waals surface area contributed by atoms with Gasteiger partial charge in [0, 0.05) is 6.26 Å². The second-order valence-electron chi connectivity index (χ2n) is 5.95. The highest BCUT2D eigenvalue weighted by Crippen LogP contribution is 2.28. The summed E-state index contributed by atoms with van der Waals surface area (Å²) in [5, 5.41) is 0. The van der Waals surface area contributed by atoms with Crippen molar-refractivity contribution in [2.45, 2.75) is 24.5 Å². The summed E-state index contributed by atoms with van der Waals surface area (Å²) >= 11 is 0. The fourth-order valence-electron chi connectivity index (χ4n) is 2.67. The third-order valence-electron chi connectivity index (χ3n) is 3.98. The van der Waals surface area contributed by atoms with Gasteiger partial charge < -0.3 is 4.74 Å². The number of halogens is 2. The monoisotopic (exact) mass is 394 g/mol. The molecule has 27 heavy (non-hydrogen) atoms. The van der Waals surface area contributed by atoms with Gasteiger partial charge in [0.1, 0.15) is 0 Å². The molecule has 3 rings (SSSR count). The van der Waals surface area contributed by atoms with Gasteiger partial charge in [-0.15, -0.1) is 0 Å². The number of para-hydroxylation sites is 2. The van der Waals surface area contributed by atoms with Crippen molar-refractivity contribution in [1.82, 2.24) is 9.55 Å². The third kappa shape index (κ3) is 3.82. The van der Waals surface area contributed by atoms with Crippen LogP contribution in [0, 0.1) is 0 Å². The lowest BCUT2D eigenvalue weighted by Crippen LogP contribution is -2.14. The number of hydrogen-bond donors (Lipinski definition) is 0. The Balaban J connectivity index is 1.87. The first-order chi connectivity index (χ1) is 12.7. The normalized spacial score (nSPS) is 13.1. The van der Waals surface area contributed by atoms with Crippen molar-refractivity contribution in [3.05, 3.63) is 59.9 Å². The molecule has 0 saturated heterocycles. The van der Waals surface area contributed by atoms with Crippen molar-refractivity contribution in [3.63, 3.8) is 0 Å². The molecule has 142 valence electrons. The minimum atomic E-state index is -3.39. The van der Waals surface area contributed by atoms with Crippen molar-refractivity contribution in [2.75, 3.05) is 6.26 Å². The molecule has 0 aliphatic rings. The zero-order valence-corrected chi connectivity index (χ0v) is 15.3. The Kier molecular flexibility index (Phi) is 4.97. The van der Waals surface area contributed by atoms with Crippen molar-refractivity contribution in [2.24, 2.45) is 0 Å². The topological polar surface area (TPSA) is 78.3 Å². The second-order valence-corrected chi connectivity index (χ2v) is 7.97. The van der Waals surface area contributed by atoms with E-state index in [-0.39, 0.29) is 21.8 Å². The van der Waals surface area contributed by atoms with Gasteiger partial charge in [-0.3, -0.25) is 4.57 Å². The van der Waals surface area contributed by atoms with E-state index in [1.54, 1.807) is 18.2 Å². The number of ether oxygens (including phenoxy) is 1. The van der Waals surface area contributed by atoms with E-state index in [1.165, 1.54) is 37.3 Å². The highest BCUT2D eigenvalue weighted by Gasteiger charge is 2.24. The quantitative estimate of drug-likeness (QED) is 0.616. The smallest absolute Gasteiger partial charge is 0.338 e. The van der Waals surface area contributed by atoms with Crippen LogP contribution < -0.4 is 0 Å². The largest absolute Gasteiger partial charge is 0.451 e. The first-order valence-corrected chi connectivity index (χ1v) is 9.83. The van der Waals surface area contributed by atoms with E-state index in [1.807, 2.05) is 0 Å². The van der Waals surface area contributed by atoms with E-state index in [9.17, 15) is 22.0 Å². The number of rotatable bonds is 5. The van der Waals surface area contributed by atoms with Gasteiger partial charge in [0.05, 0.1) is 21.5 Å². The zero-order valence-electron chi connectivity index (χ0n) is 14.5. The molecule has 0 radical (unpaired) electrons. The summed E-state index contributed by atoms with van der Waals surface area (Å²) < 4.78 is 55.9. The van der Waals surface area contributed by atoms with Crippen LogP contribution in [0.2, 0.25) is 0 Å². The maximum absolute atomic E-state index is 13.5. The van der Waals surface area contributed by atoms with E-state index in [0.717, 1.165) is 10.8 Å². The summed E-state index contributed by atoms with van der Waals surface area (Å²) in [4.78, 5) is 16.5. The number of sulfone groups is 1. The van der Waals surface area contributed by atoms with Crippen LogP contribution in [0.1, 0.15) is 35.8 Å². The lowest BCUT2D eigenvalue weighted by Gasteiger charge is -2.15. The molecule has 0 aliphatic carbocycles. The van der Waals surface area contributed by atoms with Crippen molar-refractivity contribution in [3.8, 4) is 0 Å². The molecule has 0 amide bonds. The van der Waals surface area contributed by atoms with E-state index in [2.05, 4.69) is 4.98 Å². The van der Waals surface area contributed by atoms with E-state index in [0.29, 0.717) is 5.52 Å². The summed E-state index contributed by atoms with van der Waals surface area (Å²) in [7, 11) is -3.39. The standard InChI is InChI=1S/C18H16F2N2O4S/c1-11(16-21-14-5-3-4-6-15(14)22(16)18(19)20)26-17(23)12-7-9-13(10-8-12)27(2,24)25/h3-11,18H,1-2H3. The Morgan fingerprint density at radius 1 is 1.11 bits per heavy atom. The molecule has 1 atom stereocenters. The molecular weight excluding hydrogens is 378 g/mol. The minimum absolute atomic E-state index is 0.0617. The minimum Gasteiger partial charge on any atom is -0.451 e. The molecule has 9 heteroatoms. The van der Waals surface area contributed by atoms with Gasteiger partial charge in [-0.2, -0.15) is 8.78 Å². The number of imidazole rings is 1. The Morgan fingerprint density at radius 2 is 1.74 bits per heavy atom. The Hall–Kier alpha value is -2.81. The van der Waals surface area contributed by atoms with E-state index < -0.39 is 28.5 Å². The Labute approximate surface area is 154 Å². The Bertz CT molecular complexity index is 1090. The van der Waals surface area contributed by atoms with Crippen LogP contribution in [-0.2, 0) is 14.6 Å². The van der Waals surface area contributed by atoms with Gasteiger partial charge in [0.15, 0.2) is 21.8 Å². The summed E-state index contributed by atoms with van der Waals surface area (Å²) in [6.45, 7) is -1.40. The number of benzene rings is 2. The van der Waals surface area contributed by atoms with Crippen LogP contribution in [0.4, 0.5) is 8.78 Å². The number of fused-ring (bicyclic) bond motifs is 1. The van der Waals surface area contributed by atoms with Crippen molar-refractivity contribution < 1.29 is 26.7 Å². The van der Waals surface area contributed by atoms with Crippen molar-refractivity contribution >= 4 is 26.8 Å². The van der Waals surface area contributed by atoms with Crippen LogP contribution >= 0.6 is 0 Å². The molecule has 3 aromatic rings. The van der Waals surface area contributed by atoms with Crippen LogP contribution in [-0.4, -0.2) is 30.2 Å². The van der Waals surface area contributed by atoms with Crippen LogP contribution in [0.3, 0.4) is 0 Å². The Morgan fingerprint density at radius 3 is 2.33 bits per heavy atom. The average molecular weight is 394 g/mol. The molecule has 0 aliphatic heterocycles. The molecule has 1 aromatic heterocycles. The maximum atomic E-state index is 13.5. The molecule has 0 bridgehead atoms. The van der Waals surface area contributed by atoms with Crippen molar-refractivity contribution in [1.29, 1.82) is 0 Å². The summed E-state index contributed by atoms with van der Waals surface area (Å²) in [6.07, 6.45) is 0.0190. The van der Waals surface area contributed by atoms with Gasteiger partial charge in [-0.05, 0) is 43.3 Å². The number of carbonyl (C=O) groups is 1. The molecule has 0 fully saturated rings. The number of alkyl halides is 2. The molecule has 1 unspecified atom stereocenters. The van der Waals surface area contributed by atoms with Gasteiger partial charge in [-0.25, -0.2) is 18.2 Å². The third-order valence-corrected chi connectivity index (χ3v) is 5.11. The van der Waals surface area contributed by atoms with E-state index in [4.69, 9.17) is 4.74 Å². The molecule has 2 aromatic carbocycles. The summed E-state index contributed by atoms with van der Waals surface area (Å²) in [6, 6.07) is 11.6. The number of hydrogen-bond acceptors (Lipinski definition) is 5. The van der Waals surface area contributed by atoms with E-state index >= 15 is 0 Å². The first kappa shape index (κ1) is 19.0. The van der Waals surface area contributed by atoms with Crippen LogP contribution in [0.5, 0.6) is 0 Å². The van der Waals surface area contributed by atoms with Crippen LogP contribution in [0.25, 0.3) is 11.0 Å². The zero-order chi connectivity index (χ0) is 19.8. The number of aromatic nitrogens is 2. The highest BCUT2D eigenvalue weighted by atomic mass is 32.2.